The molecule has 4 heteroatoms. The largest absolute Gasteiger partial charge is 0.497 e. The highest BCUT2D eigenvalue weighted by Gasteiger charge is 2.27. The lowest BCUT2D eigenvalue weighted by Crippen LogP contribution is -2.15. The van der Waals surface area contributed by atoms with Crippen LogP contribution in [0.3, 0.4) is 0 Å². The van der Waals surface area contributed by atoms with Crippen LogP contribution in [0.1, 0.15) is 46.4 Å². The Morgan fingerprint density at radius 2 is 1.89 bits per heavy atom. The molecule has 0 amide bonds. The minimum absolute atomic E-state index is 0.0171. The molecule has 2 rings (SSSR count). The van der Waals surface area contributed by atoms with Gasteiger partial charge in [-0.3, -0.25) is 4.79 Å². The number of carboxylic acid groups (broad SMARTS) is 1. The molecular weight excluding hydrogens is 232 g/mol. The predicted octanol–water partition coefficient (Wildman–Crippen LogP) is 2.77. The lowest BCUT2D eigenvalue weighted by Gasteiger charge is -2.11. The number of carboxylic acids is 1. The predicted molar refractivity (Wildman–Crippen MR) is 66.2 cm³/mol. The van der Waals surface area contributed by atoms with E-state index in [1.807, 2.05) is 0 Å². The van der Waals surface area contributed by atoms with Crippen molar-refractivity contribution >= 4 is 11.8 Å². The van der Waals surface area contributed by atoms with Gasteiger partial charge in [0.05, 0.1) is 12.7 Å². The zero-order valence-corrected chi connectivity index (χ0v) is 10.3. The van der Waals surface area contributed by atoms with Crippen LogP contribution >= 0.6 is 0 Å². The Hall–Kier alpha value is -1.84. The molecule has 1 saturated carbocycles. The molecule has 0 aliphatic heterocycles. The molecule has 1 N–H and O–H groups in total. The third-order valence-electron chi connectivity index (χ3n) is 3.45. The van der Waals surface area contributed by atoms with E-state index in [9.17, 15) is 9.59 Å². The fourth-order valence-corrected chi connectivity index (χ4v) is 2.45. The van der Waals surface area contributed by atoms with Crippen LogP contribution in [0.2, 0.25) is 0 Å². The SMILES string of the molecule is COc1ccc(C(=O)C2CCCC2)c(C(=O)O)c1. The quantitative estimate of drug-likeness (QED) is 0.832. The van der Waals surface area contributed by atoms with Crippen molar-refractivity contribution in [3.8, 4) is 5.75 Å². The van der Waals surface area contributed by atoms with E-state index in [0.29, 0.717) is 11.3 Å². The molecule has 0 aromatic heterocycles. The molecule has 18 heavy (non-hydrogen) atoms. The molecule has 0 radical (unpaired) electrons. The number of aromatic carboxylic acids is 1. The number of ketones is 1. The zero-order valence-electron chi connectivity index (χ0n) is 10.3. The highest BCUT2D eigenvalue weighted by atomic mass is 16.5. The Morgan fingerprint density at radius 1 is 1.22 bits per heavy atom. The van der Waals surface area contributed by atoms with Crippen LogP contribution in [-0.4, -0.2) is 24.0 Å². The summed E-state index contributed by atoms with van der Waals surface area (Å²) in [5, 5.41) is 9.17. The van der Waals surface area contributed by atoms with Crippen LogP contribution in [0.4, 0.5) is 0 Å². The van der Waals surface area contributed by atoms with Gasteiger partial charge in [-0.15, -0.1) is 0 Å². The Bertz CT molecular complexity index is 473. The van der Waals surface area contributed by atoms with E-state index in [0.717, 1.165) is 25.7 Å². The highest BCUT2D eigenvalue weighted by Crippen LogP contribution is 2.30. The second kappa shape index (κ2) is 5.21. The van der Waals surface area contributed by atoms with Crippen LogP contribution in [0.15, 0.2) is 18.2 Å². The van der Waals surface area contributed by atoms with Crippen molar-refractivity contribution in [1.82, 2.24) is 0 Å². The summed E-state index contributed by atoms with van der Waals surface area (Å²) in [7, 11) is 1.47. The molecule has 1 fully saturated rings. The van der Waals surface area contributed by atoms with Gasteiger partial charge in [0.25, 0.3) is 0 Å². The van der Waals surface area contributed by atoms with Gasteiger partial charge >= 0.3 is 5.97 Å². The van der Waals surface area contributed by atoms with Gasteiger partial charge in [0.15, 0.2) is 5.78 Å². The van der Waals surface area contributed by atoms with Gasteiger partial charge < -0.3 is 9.84 Å². The summed E-state index contributed by atoms with van der Waals surface area (Å²) in [6.45, 7) is 0. The monoisotopic (exact) mass is 248 g/mol. The Labute approximate surface area is 106 Å². The fourth-order valence-electron chi connectivity index (χ4n) is 2.45. The van der Waals surface area contributed by atoms with Crippen molar-refractivity contribution < 1.29 is 19.4 Å². The first kappa shape index (κ1) is 12.6. The minimum Gasteiger partial charge on any atom is -0.497 e. The zero-order chi connectivity index (χ0) is 13.1. The molecule has 4 nitrogen and oxygen atoms in total. The molecule has 96 valence electrons. The standard InChI is InChI=1S/C14H16O4/c1-18-10-6-7-11(12(8-10)14(16)17)13(15)9-4-2-3-5-9/h6-9H,2-5H2,1H3,(H,16,17). The second-order valence-corrected chi connectivity index (χ2v) is 4.56. The lowest BCUT2D eigenvalue weighted by molar-refractivity contribution is 0.0689. The van der Waals surface area contributed by atoms with E-state index in [-0.39, 0.29) is 17.3 Å². The number of hydrogen-bond acceptors (Lipinski definition) is 3. The molecule has 1 aliphatic rings. The molecule has 1 aromatic rings. The van der Waals surface area contributed by atoms with Gasteiger partial charge in [0.2, 0.25) is 0 Å². The van der Waals surface area contributed by atoms with E-state index < -0.39 is 5.97 Å². The maximum Gasteiger partial charge on any atom is 0.336 e. The third-order valence-corrected chi connectivity index (χ3v) is 3.45. The van der Waals surface area contributed by atoms with Crippen LogP contribution < -0.4 is 4.74 Å². The third kappa shape index (κ3) is 2.37. The minimum atomic E-state index is -1.09. The van der Waals surface area contributed by atoms with Crippen molar-refractivity contribution in [2.45, 2.75) is 25.7 Å². The number of carbonyl (C=O) groups excluding carboxylic acids is 1. The van der Waals surface area contributed by atoms with Crippen molar-refractivity contribution in [1.29, 1.82) is 0 Å². The number of rotatable bonds is 4. The van der Waals surface area contributed by atoms with E-state index in [2.05, 4.69) is 0 Å². The van der Waals surface area contributed by atoms with Gasteiger partial charge in [-0.05, 0) is 31.0 Å². The number of ether oxygens (including phenoxy) is 1. The maximum absolute atomic E-state index is 12.3. The molecule has 0 bridgehead atoms. The molecule has 1 aromatic carbocycles. The van der Waals surface area contributed by atoms with E-state index in [1.165, 1.54) is 13.2 Å². The number of benzene rings is 1. The second-order valence-electron chi connectivity index (χ2n) is 4.56. The average molecular weight is 248 g/mol. The summed E-state index contributed by atoms with van der Waals surface area (Å²) in [5.41, 5.74) is 0.335. The average Bonchev–Trinajstić information content (AvgIpc) is 2.91. The fraction of sp³-hybridized carbons (Fsp3) is 0.429. The molecule has 0 unspecified atom stereocenters. The molecule has 0 heterocycles. The molecule has 1 aliphatic carbocycles. The molecular formula is C14H16O4. The highest BCUT2D eigenvalue weighted by molar-refractivity contribution is 6.07. The molecule has 0 saturated heterocycles. The van der Waals surface area contributed by atoms with Crippen LogP contribution in [0, 0.1) is 5.92 Å². The number of methoxy groups -OCH3 is 1. The normalized spacial score (nSPS) is 15.6. The Morgan fingerprint density at radius 3 is 2.44 bits per heavy atom. The van der Waals surface area contributed by atoms with Crippen LogP contribution in [-0.2, 0) is 0 Å². The van der Waals surface area contributed by atoms with Gasteiger partial charge in [0.1, 0.15) is 5.75 Å². The van der Waals surface area contributed by atoms with Gasteiger partial charge in [-0.1, -0.05) is 12.8 Å². The number of Topliss-reactive ketones (excluding diaryl/α,β-unsaturated/α-hetero) is 1. The summed E-state index contributed by atoms with van der Waals surface area (Å²) in [5.74, 6) is -0.699. The summed E-state index contributed by atoms with van der Waals surface area (Å²) in [6.07, 6.45) is 3.83. The Kier molecular flexibility index (Phi) is 3.65. The van der Waals surface area contributed by atoms with Gasteiger partial charge in [-0.25, -0.2) is 4.79 Å². The topological polar surface area (TPSA) is 63.6 Å². The lowest BCUT2D eigenvalue weighted by atomic mass is 9.93. The summed E-state index contributed by atoms with van der Waals surface area (Å²) >= 11 is 0. The summed E-state index contributed by atoms with van der Waals surface area (Å²) in [4.78, 5) is 23.5. The van der Waals surface area contributed by atoms with Crippen LogP contribution in [0.25, 0.3) is 0 Å². The summed E-state index contributed by atoms with van der Waals surface area (Å²) < 4.78 is 4.99. The van der Waals surface area contributed by atoms with Crippen LogP contribution in [0.5, 0.6) is 5.75 Å². The molecule has 0 spiro atoms. The first-order valence-corrected chi connectivity index (χ1v) is 6.09. The number of carbonyl (C=O) groups is 2. The maximum atomic E-state index is 12.3. The Balaban J connectivity index is 2.36. The summed E-state index contributed by atoms with van der Waals surface area (Å²) in [6, 6.07) is 4.60. The number of hydrogen-bond donors (Lipinski definition) is 1. The van der Waals surface area contributed by atoms with Crippen molar-refractivity contribution in [2.75, 3.05) is 7.11 Å². The van der Waals surface area contributed by atoms with Crippen molar-refractivity contribution in [3.63, 3.8) is 0 Å². The van der Waals surface area contributed by atoms with Crippen molar-refractivity contribution in [3.05, 3.63) is 29.3 Å². The molecule has 0 atom stereocenters. The van der Waals surface area contributed by atoms with Crippen molar-refractivity contribution in [2.24, 2.45) is 5.92 Å². The first-order valence-electron chi connectivity index (χ1n) is 6.09. The van der Waals surface area contributed by atoms with Gasteiger partial charge in [-0.2, -0.15) is 0 Å². The smallest absolute Gasteiger partial charge is 0.336 e. The van der Waals surface area contributed by atoms with E-state index in [1.54, 1.807) is 12.1 Å². The van der Waals surface area contributed by atoms with Gasteiger partial charge in [0, 0.05) is 11.5 Å². The van der Waals surface area contributed by atoms with E-state index >= 15 is 0 Å². The first-order chi connectivity index (χ1) is 8.63. The van der Waals surface area contributed by atoms with E-state index in [4.69, 9.17) is 9.84 Å².